The summed E-state index contributed by atoms with van der Waals surface area (Å²) in [6.45, 7) is 2.44. The number of sulfonamides is 1. The summed E-state index contributed by atoms with van der Waals surface area (Å²) in [5, 5.41) is 0.401. The van der Waals surface area contributed by atoms with Gasteiger partial charge in [0.1, 0.15) is 0 Å². The Balaban J connectivity index is 1.78. The third kappa shape index (κ3) is 4.16. The largest absolute Gasteiger partial charge is 0.311 e. The molecule has 2 aromatic carbocycles. The van der Waals surface area contributed by atoms with E-state index in [2.05, 4.69) is 0 Å². The van der Waals surface area contributed by atoms with E-state index >= 15 is 0 Å². The van der Waals surface area contributed by atoms with E-state index in [1.807, 2.05) is 19.1 Å². The minimum atomic E-state index is -3.48. The topological polar surface area (TPSA) is 57.7 Å². The monoisotopic (exact) mass is 424 g/mol. The molecule has 0 saturated heterocycles. The van der Waals surface area contributed by atoms with E-state index in [0.717, 1.165) is 16.1 Å². The van der Waals surface area contributed by atoms with Crippen molar-refractivity contribution < 1.29 is 13.2 Å². The summed E-state index contributed by atoms with van der Waals surface area (Å²) in [6, 6.07) is 12.4. The maximum atomic E-state index is 12.9. The lowest BCUT2D eigenvalue weighted by atomic mass is 10.2. The zero-order valence-electron chi connectivity index (χ0n) is 15.3. The van der Waals surface area contributed by atoms with Crippen molar-refractivity contribution >= 4 is 45.0 Å². The number of amides is 1. The summed E-state index contributed by atoms with van der Waals surface area (Å²) in [6.07, 6.45) is 0.649. The lowest BCUT2D eigenvalue weighted by molar-refractivity contribution is -0.117. The first-order valence-electron chi connectivity index (χ1n) is 8.49. The number of halogens is 1. The molecule has 0 spiro atoms. The van der Waals surface area contributed by atoms with Crippen molar-refractivity contribution in [2.24, 2.45) is 0 Å². The highest BCUT2D eigenvalue weighted by Crippen LogP contribution is 2.33. The minimum Gasteiger partial charge on any atom is -0.311 e. The van der Waals surface area contributed by atoms with Gasteiger partial charge in [0.2, 0.25) is 15.9 Å². The van der Waals surface area contributed by atoms with Crippen LogP contribution in [0.1, 0.15) is 12.5 Å². The van der Waals surface area contributed by atoms with Gasteiger partial charge < -0.3 is 4.90 Å². The molecule has 27 heavy (non-hydrogen) atoms. The fourth-order valence-corrected chi connectivity index (χ4v) is 4.97. The molecule has 1 heterocycles. The Morgan fingerprint density at radius 1 is 1.19 bits per heavy atom. The Morgan fingerprint density at radius 3 is 2.48 bits per heavy atom. The third-order valence-corrected chi connectivity index (χ3v) is 7.63. The van der Waals surface area contributed by atoms with Crippen LogP contribution in [-0.4, -0.2) is 44.5 Å². The quantitative estimate of drug-likeness (QED) is 0.687. The Labute approximate surface area is 169 Å². The maximum Gasteiger partial charge on any atom is 0.242 e. The molecule has 1 aliphatic rings. The summed E-state index contributed by atoms with van der Waals surface area (Å²) in [4.78, 5) is 15.9. The number of anilines is 1. The van der Waals surface area contributed by atoms with E-state index in [9.17, 15) is 13.2 Å². The van der Waals surface area contributed by atoms with E-state index in [1.165, 1.54) is 30.2 Å². The van der Waals surface area contributed by atoms with Crippen molar-refractivity contribution in [3.63, 3.8) is 0 Å². The van der Waals surface area contributed by atoms with Crippen molar-refractivity contribution in [2.45, 2.75) is 28.4 Å². The van der Waals surface area contributed by atoms with Crippen LogP contribution >= 0.6 is 23.4 Å². The number of hydrogen-bond acceptors (Lipinski definition) is 4. The third-order valence-electron chi connectivity index (χ3n) is 4.47. The minimum absolute atomic E-state index is 0.0110. The van der Waals surface area contributed by atoms with Crippen molar-refractivity contribution in [2.75, 3.05) is 25.5 Å². The van der Waals surface area contributed by atoms with Crippen molar-refractivity contribution in [1.29, 1.82) is 0 Å². The Kier molecular flexibility index (Phi) is 5.86. The molecule has 8 heteroatoms. The molecule has 0 fully saturated rings. The van der Waals surface area contributed by atoms with E-state index in [4.69, 9.17) is 11.6 Å². The molecule has 0 aromatic heterocycles. The molecule has 1 amide bonds. The molecule has 1 aliphatic heterocycles. The summed E-state index contributed by atoms with van der Waals surface area (Å²) in [5.74, 6) is 0.0110. The van der Waals surface area contributed by atoms with Gasteiger partial charge in [-0.1, -0.05) is 11.6 Å². The molecule has 5 nitrogen and oxygen atoms in total. The van der Waals surface area contributed by atoms with Gasteiger partial charge in [0.25, 0.3) is 0 Å². The number of fused-ring (bicyclic) bond motifs is 1. The average molecular weight is 425 g/mol. The van der Waals surface area contributed by atoms with Crippen LogP contribution in [0.2, 0.25) is 5.02 Å². The number of carbonyl (C=O) groups is 1. The molecule has 3 rings (SSSR count). The van der Waals surface area contributed by atoms with Crippen LogP contribution in [0, 0.1) is 0 Å². The van der Waals surface area contributed by atoms with Gasteiger partial charge in [-0.2, -0.15) is 0 Å². The van der Waals surface area contributed by atoms with Crippen LogP contribution < -0.4 is 4.90 Å². The van der Waals surface area contributed by atoms with Gasteiger partial charge >= 0.3 is 0 Å². The zero-order valence-corrected chi connectivity index (χ0v) is 17.7. The second kappa shape index (κ2) is 7.83. The standard InChI is InChI=1S/C19H21ClN2O3S2/c1-13(26-16-6-4-15(20)5-7-16)19(23)22-11-10-14-12-17(8-9-18(14)22)27(24,25)21(2)3/h4-9,12-13H,10-11H2,1-3H3. The van der Waals surface area contributed by atoms with Crippen LogP contribution in [0.3, 0.4) is 0 Å². The molecule has 2 aromatic rings. The first-order chi connectivity index (χ1) is 12.7. The lowest BCUT2D eigenvalue weighted by Crippen LogP contribution is -2.35. The van der Waals surface area contributed by atoms with Crippen LogP contribution in [0.4, 0.5) is 5.69 Å². The summed E-state index contributed by atoms with van der Waals surface area (Å²) < 4.78 is 25.8. The highest BCUT2D eigenvalue weighted by Gasteiger charge is 2.30. The summed E-state index contributed by atoms with van der Waals surface area (Å²) in [7, 11) is -0.466. The first kappa shape index (κ1) is 20.2. The second-order valence-electron chi connectivity index (χ2n) is 6.53. The van der Waals surface area contributed by atoms with Crippen LogP contribution in [0.5, 0.6) is 0 Å². The van der Waals surface area contributed by atoms with E-state index in [1.54, 1.807) is 35.2 Å². The lowest BCUT2D eigenvalue weighted by Gasteiger charge is -2.22. The molecule has 0 aliphatic carbocycles. The molecule has 1 unspecified atom stereocenters. The number of hydrogen-bond donors (Lipinski definition) is 0. The second-order valence-corrected chi connectivity index (χ2v) is 10.5. The molecular weight excluding hydrogens is 404 g/mol. The van der Waals surface area contributed by atoms with Crippen LogP contribution in [0.25, 0.3) is 0 Å². The fourth-order valence-electron chi connectivity index (χ4n) is 2.97. The fraction of sp³-hybridized carbons (Fsp3) is 0.316. The number of carbonyl (C=O) groups excluding carboxylic acids is 1. The van der Waals surface area contributed by atoms with Crippen molar-refractivity contribution in [1.82, 2.24) is 4.31 Å². The van der Waals surface area contributed by atoms with Gasteiger partial charge in [-0.15, -0.1) is 11.8 Å². The van der Waals surface area contributed by atoms with Crippen molar-refractivity contribution in [3.8, 4) is 0 Å². The number of thioether (sulfide) groups is 1. The van der Waals surface area contributed by atoms with Gasteiger partial charge in [-0.3, -0.25) is 4.79 Å². The van der Waals surface area contributed by atoms with Gasteiger partial charge in [0.15, 0.2) is 0 Å². The van der Waals surface area contributed by atoms with E-state index < -0.39 is 10.0 Å². The van der Waals surface area contributed by atoms with Crippen molar-refractivity contribution in [3.05, 3.63) is 53.1 Å². The number of benzene rings is 2. The molecule has 0 bridgehead atoms. The SMILES string of the molecule is CC(Sc1ccc(Cl)cc1)C(=O)N1CCc2cc(S(=O)(=O)N(C)C)ccc21. The smallest absolute Gasteiger partial charge is 0.242 e. The predicted octanol–water partition coefficient (Wildman–Crippen LogP) is 3.66. The van der Waals surface area contributed by atoms with Gasteiger partial charge in [-0.05, 0) is 61.4 Å². The van der Waals surface area contributed by atoms with Gasteiger partial charge in [-0.25, -0.2) is 12.7 Å². The Hall–Kier alpha value is -1.54. The molecule has 0 radical (unpaired) electrons. The van der Waals surface area contributed by atoms with E-state index in [0.29, 0.717) is 18.0 Å². The summed E-state index contributed by atoms with van der Waals surface area (Å²) in [5.41, 5.74) is 1.68. The molecule has 0 saturated carbocycles. The number of rotatable bonds is 5. The molecule has 1 atom stereocenters. The van der Waals surface area contributed by atoms with Crippen LogP contribution in [-0.2, 0) is 21.2 Å². The normalized spacial score (nSPS) is 15.1. The Morgan fingerprint density at radius 2 is 1.85 bits per heavy atom. The maximum absolute atomic E-state index is 12.9. The Bertz CT molecular complexity index is 959. The van der Waals surface area contributed by atoms with Gasteiger partial charge in [0.05, 0.1) is 10.1 Å². The van der Waals surface area contributed by atoms with Gasteiger partial charge in [0, 0.05) is 36.2 Å². The molecule has 0 N–H and O–H groups in total. The van der Waals surface area contributed by atoms with E-state index in [-0.39, 0.29) is 16.1 Å². The zero-order chi connectivity index (χ0) is 19.8. The highest BCUT2D eigenvalue weighted by molar-refractivity contribution is 8.00. The highest BCUT2D eigenvalue weighted by atomic mass is 35.5. The number of nitrogens with zero attached hydrogens (tertiary/aromatic N) is 2. The summed E-state index contributed by atoms with van der Waals surface area (Å²) >= 11 is 7.39. The molecular formula is C19H21ClN2O3S2. The molecule has 144 valence electrons. The average Bonchev–Trinajstić information content (AvgIpc) is 3.06. The first-order valence-corrected chi connectivity index (χ1v) is 11.2. The predicted molar refractivity (Wildman–Crippen MR) is 110 cm³/mol. The van der Waals surface area contributed by atoms with Crippen LogP contribution in [0.15, 0.2) is 52.3 Å².